The molecule has 0 saturated heterocycles. The fourth-order valence-electron chi connectivity index (χ4n) is 1.34. The third kappa shape index (κ3) is 5.34. The highest BCUT2D eigenvalue weighted by Crippen LogP contribution is 2.27. The Balaban J connectivity index is 4.25. The Morgan fingerprint density at radius 2 is 1.87 bits per heavy atom. The van der Waals surface area contributed by atoms with Gasteiger partial charge in [0.05, 0.1) is 13.2 Å². The van der Waals surface area contributed by atoms with E-state index in [9.17, 15) is 9.90 Å². The van der Waals surface area contributed by atoms with E-state index in [2.05, 4.69) is 13.2 Å². The van der Waals surface area contributed by atoms with Gasteiger partial charge in [0.25, 0.3) is 0 Å². The summed E-state index contributed by atoms with van der Waals surface area (Å²) < 4.78 is 5.00. The lowest BCUT2D eigenvalue weighted by atomic mass is 9.83. The van der Waals surface area contributed by atoms with Gasteiger partial charge < -0.3 is 14.9 Å². The maximum Gasteiger partial charge on any atom is 0.329 e. The summed E-state index contributed by atoms with van der Waals surface area (Å²) >= 11 is 0. The number of aliphatic hydroxyl groups is 1. The van der Waals surface area contributed by atoms with Gasteiger partial charge in [0.15, 0.2) is 0 Å². The normalized spacial score (nSPS) is 11.0. The van der Waals surface area contributed by atoms with E-state index in [1.165, 1.54) is 0 Å². The van der Waals surface area contributed by atoms with Crippen molar-refractivity contribution >= 4 is 5.97 Å². The monoisotopic (exact) mass is 214 g/mol. The zero-order chi connectivity index (χ0) is 11.7. The molecule has 0 radical (unpaired) electrons. The van der Waals surface area contributed by atoms with Crippen LogP contribution in [0.2, 0.25) is 0 Å². The number of rotatable bonds is 9. The second kappa shape index (κ2) is 7.20. The Morgan fingerprint density at radius 3 is 2.20 bits per heavy atom. The number of aliphatic hydroxyl groups excluding tert-OH is 1. The second-order valence-corrected chi connectivity index (χ2v) is 3.53. The van der Waals surface area contributed by atoms with Crippen molar-refractivity contribution in [2.45, 2.75) is 12.8 Å². The van der Waals surface area contributed by atoms with Crippen LogP contribution in [0.5, 0.6) is 0 Å². The van der Waals surface area contributed by atoms with Crippen molar-refractivity contribution in [3.8, 4) is 0 Å². The lowest BCUT2D eigenvalue weighted by Gasteiger charge is -2.29. The van der Waals surface area contributed by atoms with Gasteiger partial charge in [0, 0.05) is 5.41 Å². The molecule has 0 heterocycles. The van der Waals surface area contributed by atoms with Crippen LogP contribution in [0.15, 0.2) is 25.3 Å². The first kappa shape index (κ1) is 13.9. The van der Waals surface area contributed by atoms with Crippen LogP contribution in [0.3, 0.4) is 0 Å². The van der Waals surface area contributed by atoms with Crippen LogP contribution in [0.25, 0.3) is 0 Å². The lowest BCUT2D eigenvalue weighted by molar-refractivity contribution is -0.143. The number of carbonyl (C=O) groups is 1. The van der Waals surface area contributed by atoms with E-state index in [0.717, 1.165) is 0 Å². The SMILES string of the molecule is C=CCC(CO)(CC=C)COCC(=O)O. The van der Waals surface area contributed by atoms with Crippen LogP contribution in [-0.2, 0) is 9.53 Å². The molecule has 0 aromatic carbocycles. The quantitative estimate of drug-likeness (QED) is 0.566. The minimum Gasteiger partial charge on any atom is -0.480 e. The third-order valence-corrected chi connectivity index (χ3v) is 2.12. The zero-order valence-corrected chi connectivity index (χ0v) is 8.82. The minimum absolute atomic E-state index is 0.0787. The molecule has 4 heteroatoms. The van der Waals surface area contributed by atoms with E-state index in [4.69, 9.17) is 9.84 Å². The Hall–Kier alpha value is -1.13. The molecular formula is C11H18O4. The number of hydrogen-bond donors (Lipinski definition) is 2. The fraction of sp³-hybridized carbons (Fsp3) is 0.545. The molecule has 0 fully saturated rings. The first-order chi connectivity index (χ1) is 7.10. The highest BCUT2D eigenvalue weighted by atomic mass is 16.5. The number of carboxylic acids is 1. The second-order valence-electron chi connectivity index (χ2n) is 3.53. The zero-order valence-electron chi connectivity index (χ0n) is 8.82. The van der Waals surface area contributed by atoms with Crippen LogP contribution in [-0.4, -0.2) is 36.0 Å². The van der Waals surface area contributed by atoms with Crippen molar-refractivity contribution in [1.82, 2.24) is 0 Å². The highest BCUT2D eigenvalue weighted by molar-refractivity contribution is 5.67. The largest absolute Gasteiger partial charge is 0.480 e. The number of carboxylic acid groups (broad SMARTS) is 1. The summed E-state index contributed by atoms with van der Waals surface area (Å²) in [6.07, 6.45) is 4.50. The molecule has 0 aliphatic heterocycles. The van der Waals surface area contributed by atoms with Crippen LogP contribution in [0.1, 0.15) is 12.8 Å². The predicted octanol–water partition coefficient (Wildman–Crippen LogP) is 1.22. The first-order valence-corrected chi connectivity index (χ1v) is 4.72. The minimum atomic E-state index is -1.01. The third-order valence-electron chi connectivity index (χ3n) is 2.12. The van der Waals surface area contributed by atoms with Gasteiger partial charge in [-0.2, -0.15) is 0 Å². The predicted molar refractivity (Wildman–Crippen MR) is 57.6 cm³/mol. The van der Waals surface area contributed by atoms with E-state index in [-0.39, 0.29) is 19.8 Å². The number of hydrogen-bond acceptors (Lipinski definition) is 3. The first-order valence-electron chi connectivity index (χ1n) is 4.72. The van der Waals surface area contributed by atoms with Gasteiger partial charge in [-0.25, -0.2) is 4.79 Å². The Kier molecular flexibility index (Phi) is 6.66. The van der Waals surface area contributed by atoms with Gasteiger partial charge in [-0.15, -0.1) is 13.2 Å². The summed E-state index contributed by atoms with van der Waals surface area (Å²) in [7, 11) is 0. The molecule has 0 aliphatic carbocycles. The van der Waals surface area contributed by atoms with Crippen molar-refractivity contribution in [1.29, 1.82) is 0 Å². The van der Waals surface area contributed by atoms with Gasteiger partial charge in [-0.05, 0) is 12.8 Å². The van der Waals surface area contributed by atoms with E-state index in [1.807, 2.05) is 0 Å². The summed E-state index contributed by atoms with van der Waals surface area (Å²) in [6.45, 7) is 6.96. The fourth-order valence-corrected chi connectivity index (χ4v) is 1.34. The number of ether oxygens (including phenoxy) is 1. The van der Waals surface area contributed by atoms with Gasteiger partial charge in [0.1, 0.15) is 6.61 Å². The maximum absolute atomic E-state index is 10.3. The Labute approximate surface area is 89.9 Å². The summed E-state index contributed by atoms with van der Waals surface area (Å²) in [4.78, 5) is 10.3. The van der Waals surface area contributed by atoms with Crippen molar-refractivity contribution in [2.75, 3.05) is 19.8 Å². The molecule has 4 nitrogen and oxygen atoms in total. The molecule has 0 saturated carbocycles. The number of allylic oxidation sites excluding steroid dienone is 2. The van der Waals surface area contributed by atoms with Crippen LogP contribution >= 0.6 is 0 Å². The molecule has 0 aromatic rings. The van der Waals surface area contributed by atoms with Crippen molar-refractivity contribution in [2.24, 2.45) is 5.41 Å². The van der Waals surface area contributed by atoms with E-state index >= 15 is 0 Å². The molecule has 0 aliphatic rings. The summed E-state index contributed by atoms with van der Waals surface area (Å²) in [5, 5.41) is 17.7. The van der Waals surface area contributed by atoms with Gasteiger partial charge in [0.2, 0.25) is 0 Å². The lowest BCUT2D eigenvalue weighted by Crippen LogP contribution is -2.31. The van der Waals surface area contributed by atoms with Crippen LogP contribution in [0.4, 0.5) is 0 Å². The van der Waals surface area contributed by atoms with Crippen molar-refractivity contribution < 1.29 is 19.7 Å². The van der Waals surface area contributed by atoms with Crippen LogP contribution < -0.4 is 0 Å². The molecule has 0 amide bonds. The van der Waals surface area contributed by atoms with Crippen molar-refractivity contribution in [3.63, 3.8) is 0 Å². The molecule has 0 aromatic heterocycles. The molecule has 2 N–H and O–H groups in total. The van der Waals surface area contributed by atoms with Gasteiger partial charge in [-0.1, -0.05) is 12.2 Å². The number of aliphatic carboxylic acids is 1. The summed E-state index contributed by atoms with van der Waals surface area (Å²) in [5.41, 5.74) is -0.487. The molecule has 0 atom stereocenters. The molecular weight excluding hydrogens is 196 g/mol. The Morgan fingerprint density at radius 1 is 1.33 bits per heavy atom. The molecule has 0 spiro atoms. The standard InChI is InChI=1S/C11H18O4/c1-3-5-11(8-12,6-4-2)9-15-7-10(13)14/h3-4,12H,1-2,5-9H2,(H,13,14). The van der Waals surface area contributed by atoms with Crippen LogP contribution in [0, 0.1) is 5.41 Å². The maximum atomic E-state index is 10.3. The Bertz CT molecular complexity index is 213. The topological polar surface area (TPSA) is 66.8 Å². The van der Waals surface area contributed by atoms with E-state index < -0.39 is 11.4 Å². The molecule has 0 bridgehead atoms. The smallest absolute Gasteiger partial charge is 0.329 e. The highest BCUT2D eigenvalue weighted by Gasteiger charge is 2.27. The van der Waals surface area contributed by atoms with Gasteiger partial charge in [-0.3, -0.25) is 0 Å². The summed E-state index contributed by atoms with van der Waals surface area (Å²) in [5.74, 6) is -1.01. The van der Waals surface area contributed by atoms with Crippen molar-refractivity contribution in [3.05, 3.63) is 25.3 Å². The average molecular weight is 214 g/mol. The average Bonchev–Trinajstić information content (AvgIpc) is 2.17. The molecule has 0 rings (SSSR count). The molecule has 86 valence electrons. The molecule has 0 unspecified atom stereocenters. The van der Waals surface area contributed by atoms with E-state index in [0.29, 0.717) is 12.8 Å². The summed E-state index contributed by atoms with van der Waals surface area (Å²) in [6, 6.07) is 0. The van der Waals surface area contributed by atoms with E-state index in [1.54, 1.807) is 12.2 Å². The molecule has 15 heavy (non-hydrogen) atoms. The van der Waals surface area contributed by atoms with Gasteiger partial charge >= 0.3 is 5.97 Å².